The van der Waals surface area contributed by atoms with Crippen LogP contribution in [0.1, 0.15) is 41.0 Å². The van der Waals surface area contributed by atoms with Crippen LogP contribution in [0.4, 0.5) is 0 Å². The van der Waals surface area contributed by atoms with E-state index in [2.05, 4.69) is 33.9 Å². The van der Waals surface area contributed by atoms with Crippen LogP contribution in [-0.4, -0.2) is 54.2 Å². The molecule has 1 heterocycles. The molecule has 23 heavy (non-hydrogen) atoms. The average Bonchev–Trinajstić information content (AvgIpc) is 2.58. The lowest BCUT2D eigenvalue weighted by atomic mass is 10.1. The van der Waals surface area contributed by atoms with Crippen molar-refractivity contribution in [1.82, 2.24) is 0 Å². The van der Waals surface area contributed by atoms with Crippen LogP contribution in [-0.2, 0) is 28.2 Å². The first-order chi connectivity index (χ1) is 10.1. The van der Waals surface area contributed by atoms with Crippen molar-refractivity contribution in [3.05, 3.63) is 0 Å². The zero-order valence-electron chi connectivity index (χ0n) is 15.6. The zero-order valence-corrected chi connectivity index (χ0v) is 17.5. The van der Waals surface area contributed by atoms with Crippen LogP contribution < -0.4 is 0 Å². The highest BCUT2D eigenvalue weighted by Crippen LogP contribution is 2.38. The lowest BCUT2D eigenvalue weighted by Crippen LogP contribution is -2.44. The third-order valence-electron chi connectivity index (χ3n) is 4.40. The highest BCUT2D eigenvalue weighted by Gasteiger charge is 2.44. The smallest absolute Gasteiger partial charge is 0.264 e. The molecule has 1 aliphatic rings. The third-order valence-corrected chi connectivity index (χ3v) is 9.50. The van der Waals surface area contributed by atoms with Crippen LogP contribution in [0, 0.1) is 0 Å². The summed E-state index contributed by atoms with van der Waals surface area (Å²) < 4.78 is 45.0. The number of ether oxygens (including phenoxy) is 2. The summed E-state index contributed by atoms with van der Waals surface area (Å²) in [4.78, 5) is 0. The summed E-state index contributed by atoms with van der Waals surface area (Å²) in [5, 5.41) is 0.122. The molecule has 6 nitrogen and oxygen atoms in total. The zero-order chi connectivity index (χ0) is 18.1. The van der Waals surface area contributed by atoms with Crippen molar-refractivity contribution < 1.29 is 26.5 Å². The Bertz CT molecular complexity index is 495. The Morgan fingerprint density at radius 1 is 1.13 bits per heavy atom. The van der Waals surface area contributed by atoms with E-state index in [-0.39, 0.29) is 23.9 Å². The van der Waals surface area contributed by atoms with Gasteiger partial charge in [0.2, 0.25) is 0 Å². The molecule has 0 aliphatic carbocycles. The van der Waals surface area contributed by atoms with E-state index in [4.69, 9.17) is 18.1 Å². The molecular weight excluding hydrogens is 336 g/mol. The van der Waals surface area contributed by atoms with E-state index < -0.39 is 24.2 Å². The van der Waals surface area contributed by atoms with Crippen molar-refractivity contribution in [3.8, 4) is 0 Å². The van der Waals surface area contributed by atoms with E-state index in [1.54, 1.807) is 0 Å². The number of hydrogen-bond donors (Lipinski definition) is 0. The number of rotatable bonds is 7. The summed E-state index contributed by atoms with van der Waals surface area (Å²) in [7, 11) is -5.31. The normalized spacial score (nSPS) is 25.7. The standard InChI is InChI=1S/C15H32O6SSi/c1-14(2,3)23(7,8)19-11-13-12(20-15(4,5)21-13)9-10-18-22(6,16)17/h12-13H,9-11H2,1-8H3/t12-,13-/m1/s1. The van der Waals surface area contributed by atoms with Crippen LogP contribution in [0.15, 0.2) is 0 Å². The molecule has 0 spiro atoms. The van der Waals surface area contributed by atoms with Gasteiger partial charge in [-0.2, -0.15) is 8.42 Å². The lowest BCUT2D eigenvalue weighted by molar-refractivity contribution is -0.149. The molecule has 0 N–H and O–H groups in total. The summed E-state index contributed by atoms with van der Waals surface area (Å²) in [6.45, 7) is 15.2. The van der Waals surface area contributed by atoms with Gasteiger partial charge in [-0.1, -0.05) is 20.8 Å². The molecule has 0 saturated carbocycles. The van der Waals surface area contributed by atoms with E-state index >= 15 is 0 Å². The lowest BCUT2D eigenvalue weighted by Gasteiger charge is -2.37. The Labute approximate surface area is 142 Å². The molecule has 1 fully saturated rings. The fraction of sp³-hybridized carbons (Fsp3) is 1.00. The van der Waals surface area contributed by atoms with E-state index in [0.717, 1.165) is 6.26 Å². The Balaban J connectivity index is 2.63. The van der Waals surface area contributed by atoms with E-state index in [9.17, 15) is 8.42 Å². The van der Waals surface area contributed by atoms with Crippen molar-refractivity contribution in [3.63, 3.8) is 0 Å². The van der Waals surface area contributed by atoms with Gasteiger partial charge >= 0.3 is 0 Å². The predicted molar refractivity (Wildman–Crippen MR) is 92.4 cm³/mol. The van der Waals surface area contributed by atoms with Crippen molar-refractivity contribution >= 4 is 18.4 Å². The van der Waals surface area contributed by atoms with Gasteiger partial charge in [0.15, 0.2) is 14.1 Å². The minimum absolute atomic E-state index is 0.0829. The molecule has 0 radical (unpaired) electrons. The molecule has 0 unspecified atom stereocenters. The van der Waals surface area contributed by atoms with E-state index in [1.807, 2.05) is 13.8 Å². The van der Waals surface area contributed by atoms with Gasteiger partial charge in [0.1, 0.15) is 6.10 Å². The topological polar surface area (TPSA) is 71.1 Å². The molecule has 138 valence electrons. The molecule has 0 amide bonds. The molecule has 0 aromatic heterocycles. The van der Waals surface area contributed by atoms with E-state index in [1.165, 1.54) is 0 Å². The average molecular weight is 369 g/mol. The van der Waals surface area contributed by atoms with Crippen LogP contribution in [0.3, 0.4) is 0 Å². The molecular formula is C15H32O6SSi. The highest BCUT2D eigenvalue weighted by molar-refractivity contribution is 7.85. The Morgan fingerprint density at radius 3 is 2.13 bits per heavy atom. The molecule has 0 aromatic carbocycles. The fourth-order valence-corrected chi connectivity index (χ4v) is 3.53. The molecule has 8 heteroatoms. The predicted octanol–water partition coefficient (Wildman–Crippen LogP) is 2.89. The third kappa shape index (κ3) is 6.79. The Morgan fingerprint density at radius 2 is 1.65 bits per heavy atom. The van der Waals surface area contributed by atoms with Crippen LogP contribution in [0.5, 0.6) is 0 Å². The number of hydrogen-bond acceptors (Lipinski definition) is 6. The maximum absolute atomic E-state index is 11.1. The van der Waals surface area contributed by atoms with Gasteiger partial charge < -0.3 is 13.9 Å². The highest BCUT2D eigenvalue weighted by atomic mass is 32.2. The first kappa shape index (κ1) is 21.1. The second kappa shape index (κ2) is 7.09. The van der Waals surface area contributed by atoms with Gasteiger partial charge in [-0.3, -0.25) is 4.18 Å². The van der Waals surface area contributed by atoms with Gasteiger partial charge in [-0.25, -0.2) is 0 Å². The molecule has 0 aromatic rings. The van der Waals surface area contributed by atoms with Crippen molar-refractivity contribution in [2.45, 2.75) is 77.2 Å². The monoisotopic (exact) mass is 368 g/mol. The fourth-order valence-electron chi connectivity index (χ4n) is 2.12. The molecule has 2 atom stereocenters. The van der Waals surface area contributed by atoms with Crippen LogP contribution in [0.25, 0.3) is 0 Å². The largest absolute Gasteiger partial charge is 0.414 e. The Hall–Kier alpha value is 0.00688. The summed E-state index contributed by atoms with van der Waals surface area (Å²) in [5.74, 6) is -0.697. The van der Waals surface area contributed by atoms with Gasteiger partial charge in [-0.05, 0) is 32.0 Å². The molecule has 1 rings (SSSR count). The molecule has 1 aliphatic heterocycles. The van der Waals surface area contributed by atoms with Crippen molar-refractivity contribution in [2.75, 3.05) is 19.5 Å². The van der Waals surface area contributed by atoms with Crippen LogP contribution in [0.2, 0.25) is 18.1 Å². The van der Waals surface area contributed by atoms with Crippen molar-refractivity contribution in [2.24, 2.45) is 0 Å². The first-order valence-corrected chi connectivity index (χ1v) is 12.7. The minimum Gasteiger partial charge on any atom is -0.414 e. The summed E-state index contributed by atoms with van der Waals surface area (Å²) >= 11 is 0. The first-order valence-electron chi connectivity index (χ1n) is 7.97. The van der Waals surface area contributed by atoms with Crippen LogP contribution >= 0.6 is 0 Å². The maximum atomic E-state index is 11.1. The quantitative estimate of drug-likeness (QED) is 0.508. The van der Waals surface area contributed by atoms with E-state index in [0.29, 0.717) is 13.0 Å². The second-order valence-electron chi connectivity index (χ2n) is 8.10. The van der Waals surface area contributed by atoms with Gasteiger partial charge in [0.05, 0.1) is 25.6 Å². The Kier molecular flexibility index (Phi) is 6.49. The second-order valence-corrected chi connectivity index (χ2v) is 14.6. The SMILES string of the molecule is CC1(C)O[C@H](CCOS(C)(=O)=O)[C@@H](CO[Si](C)(C)C(C)(C)C)O1. The minimum atomic E-state index is -3.44. The molecule has 1 saturated heterocycles. The van der Waals surface area contributed by atoms with Gasteiger partial charge in [-0.15, -0.1) is 0 Å². The summed E-state index contributed by atoms with van der Waals surface area (Å²) in [6.07, 6.45) is 1.03. The summed E-state index contributed by atoms with van der Waals surface area (Å²) in [5.41, 5.74) is 0. The van der Waals surface area contributed by atoms with Gasteiger partial charge in [0, 0.05) is 6.42 Å². The van der Waals surface area contributed by atoms with Gasteiger partial charge in [0.25, 0.3) is 10.1 Å². The maximum Gasteiger partial charge on any atom is 0.264 e. The van der Waals surface area contributed by atoms with Crippen molar-refractivity contribution in [1.29, 1.82) is 0 Å². The summed E-state index contributed by atoms with van der Waals surface area (Å²) in [6, 6.07) is 0. The molecule has 0 bridgehead atoms.